The molecule has 0 saturated carbocycles. The molecule has 1 aliphatic carbocycles. The van der Waals surface area contributed by atoms with Gasteiger partial charge in [-0.25, -0.2) is 8.42 Å². The number of rotatable bonds is 4. The molecule has 0 atom stereocenters. The number of hydrogen-bond acceptors (Lipinski definition) is 3. The van der Waals surface area contributed by atoms with E-state index in [-0.39, 0.29) is 0 Å². The highest BCUT2D eigenvalue weighted by atomic mass is 32.2. The van der Waals surface area contributed by atoms with Gasteiger partial charge >= 0.3 is 0 Å². The van der Waals surface area contributed by atoms with Gasteiger partial charge in [-0.2, -0.15) is 4.72 Å². The van der Waals surface area contributed by atoms with Gasteiger partial charge in [0.25, 0.3) is 0 Å². The molecule has 5 heteroatoms. The molecule has 0 unspecified atom stereocenters. The highest BCUT2D eigenvalue weighted by Crippen LogP contribution is 2.26. The van der Waals surface area contributed by atoms with E-state index in [2.05, 4.69) is 9.71 Å². The summed E-state index contributed by atoms with van der Waals surface area (Å²) < 4.78 is 28.1. The van der Waals surface area contributed by atoms with Crippen LogP contribution < -0.4 is 4.72 Å². The summed E-state index contributed by atoms with van der Waals surface area (Å²) >= 11 is 0. The third kappa shape index (κ3) is 2.91. The largest absolute Gasteiger partial charge is 0.259 e. The highest BCUT2D eigenvalue weighted by Gasteiger charge is 2.29. The third-order valence-electron chi connectivity index (χ3n) is 4.08. The van der Waals surface area contributed by atoms with E-state index in [4.69, 9.17) is 0 Å². The Kier molecular flexibility index (Phi) is 3.78. The Morgan fingerprint density at radius 2 is 1.86 bits per heavy atom. The van der Waals surface area contributed by atoms with E-state index in [0.717, 1.165) is 24.8 Å². The summed E-state index contributed by atoms with van der Waals surface area (Å²) in [5.74, 6) is 0. The fourth-order valence-corrected chi connectivity index (χ4v) is 4.33. The van der Waals surface area contributed by atoms with Crippen molar-refractivity contribution in [3.05, 3.63) is 59.4 Å². The predicted molar refractivity (Wildman–Crippen MR) is 86.1 cm³/mol. The van der Waals surface area contributed by atoms with Gasteiger partial charge in [0, 0.05) is 6.20 Å². The molecule has 1 N–H and O–H groups in total. The number of nitrogens with one attached hydrogen (secondary N) is 1. The van der Waals surface area contributed by atoms with Crippen LogP contribution in [0.3, 0.4) is 0 Å². The Labute approximate surface area is 131 Å². The molecule has 1 aromatic carbocycles. The van der Waals surface area contributed by atoms with Crippen LogP contribution in [0, 0.1) is 0 Å². The van der Waals surface area contributed by atoms with Gasteiger partial charge < -0.3 is 0 Å². The molecule has 0 aliphatic heterocycles. The molecule has 3 rings (SSSR count). The molecule has 2 aromatic rings. The van der Waals surface area contributed by atoms with Crippen molar-refractivity contribution in [3.8, 4) is 0 Å². The van der Waals surface area contributed by atoms with Gasteiger partial charge in [0.1, 0.15) is 0 Å². The van der Waals surface area contributed by atoms with E-state index in [1.165, 1.54) is 5.56 Å². The molecule has 1 aliphatic rings. The van der Waals surface area contributed by atoms with E-state index in [0.29, 0.717) is 10.6 Å². The number of fused-ring (bicyclic) bond motifs is 1. The minimum atomic E-state index is -3.58. The summed E-state index contributed by atoms with van der Waals surface area (Å²) in [6, 6.07) is 10.9. The lowest BCUT2D eigenvalue weighted by atomic mass is 10.0. The fraction of sp³-hybridized carbons (Fsp3) is 0.353. The summed E-state index contributed by atoms with van der Waals surface area (Å²) in [6.07, 6.45) is 4.78. The van der Waals surface area contributed by atoms with Crippen LogP contribution in [0.2, 0.25) is 0 Å². The lowest BCUT2D eigenvalue weighted by molar-refractivity contribution is 0.460. The maximum Gasteiger partial charge on any atom is 0.241 e. The molecular formula is C17H20N2O2S. The lowest BCUT2D eigenvalue weighted by Gasteiger charge is -2.25. The number of aromatic nitrogens is 1. The van der Waals surface area contributed by atoms with Crippen molar-refractivity contribution < 1.29 is 8.42 Å². The zero-order valence-corrected chi connectivity index (χ0v) is 13.7. The molecule has 4 nitrogen and oxygen atoms in total. The smallest absolute Gasteiger partial charge is 0.241 e. The van der Waals surface area contributed by atoms with Gasteiger partial charge in [-0.1, -0.05) is 12.1 Å². The summed E-state index contributed by atoms with van der Waals surface area (Å²) in [4.78, 5) is 4.59. The van der Waals surface area contributed by atoms with Gasteiger partial charge in [-0.3, -0.25) is 4.98 Å². The Balaban J connectivity index is 1.90. The molecule has 22 heavy (non-hydrogen) atoms. The first-order chi connectivity index (χ1) is 10.4. The Morgan fingerprint density at radius 3 is 2.59 bits per heavy atom. The lowest BCUT2D eigenvalue weighted by Crippen LogP contribution is -2.41. The standard InChI is InChI=1S/C17H20N2O2S/c1-17(2,16-8-3-4-11-18-16)19-22(20,21)15-10-9-13-6-5-7-14(13)12-15/h3-4,8-12,19H,5-7H2,1-2H3. The van der Waals surface area contributed by atoms with Crippen molar-refractivity contribution in [1.82, 2.24) is 9.71 Å². The first-order valence-corrected chi connectivity index (χ1v) is 8.94. The zero-order valence-electron chi connectivity index (χ0n) is 12.8. The van der Waals surface area contributed by atoms with E-state index in [1.54, 1.807) is 18.3 Å². The monoisotopic (exact) mass is 316 g/mol. The van der Waals surface area contributed by atoms with E-state index >= 15 is 0 Å². The minimum Gasteiger partial charge on any atom is -0.259 e. The van der Waals surface area contributed by atoms with Crippen LogP contribution in [0.25, 0.3) is 0 Å². The van der Waals surface area contributed by atoms with Crippen LogP contribution in [-0.4, -0.2) is 13.4 Å². The van der Waals surface area contributed by atoms with Crippen molar-refractivity contribution in [2.45, 2.75) is 43.5 Å². The van der Waals surface area contributed by atoms with Gasteiger partial charge in [0.2, 0.25) is 10.0 Å². The number of pyridine rings is 1. The SMILES string of the molecule is CC(C)(NS(=O)(=O)c1ccc2c(c1)CCC2)c1ccccn1. The van der Waals surface area contributed by atoms with Crippen LogP contribution >= 0.6 is 0 Å². The second-order valence-electron chi connectivity index (χ2n) is 6.23. The molecule has 0 radical (unpaired) electrons. The van der Waals surface area contributed by atoms with E-state index < -0.39 is 15.6 Å². The molecule has 0 saturated heterocycles. The van der Waals surface area contributed by atoms with Crippen LogP contribution in [0.5, 0.6) is 0 Å². The molecule has 116 valence electrons. The van der Waals surface area contributed by atoms with E-state index in [1.807, 2.05) is 38.1 Å². The zero-order chi connectivity index (χ0) is 15.8. The fourth-order valence-electron chi connectivity index (χ4n) is 2.89. The molecule has 0 spiro atoms. The first kappa shape index (κ1) is 15.2. The Bertz CT molecular complexity index is 784. The Hall–Kier alpha value is -1.72. The first-order valence-electron chi connectivity index (χ1n) is 7.46. The van der Waals surface area contributed by atoms with Crippen LogP contribution in [0.4, 0.5) is 0 Å². The number of nitrogens with zero attached hydrogens (tertiary/aromatic N) is 1. The molecule has 1 heterocycles. The van der Waals surface area contributed by atoms with Gasteiger partial charge in [-0.05, 0) is 68.5 Å². The van der Waals surface area contributed by atoms with Crippen molar-refractivity contribution >= 4 is 10.0 Å². The molecule has 0 amide bonds. The summed E-state index contributed by atoms with van der Waals surface area (Å²) in [6.45, 7) is 3.64. The van der Waals surface area contributed by atoms with Gasteiger partial charge in [-0.15, -0.1) is 0 Å². The summed E-state index contributed by atoms with van der Waals surface area (Å²) in [7, 11) is -3.58. The van der Waals surface area contributed by atoms with Gasteiger partial charge in [0.05, 0.1) is 16.1 Å². The van der Waals surface area contributed by atoms with Gasteiger partial charge in [0.15, 0.2) is 0 Å². The maximum absolute atomic E-state index is 12.7. The van der Waals surface area contributed by atoms with Crippen molar-refractivity contribution in [1.29, 1.82) is 0 Å². The normalized spacial score (nSPS) is 14.8. The number of sulfonamides is 1. The highest BCUT2D eigenvalue weighted by molar-refractivity contribution is 7.89. The predicted octanol–water partition coefficient (Wildman–Crippen LogP) is 2.78. The molecule has 1 aromatic heterocycles. The number of hydrogen-bond donors (Lipinski definition) is 1. The minimum absolute atomic E-state index is 0.331. The molecule has 0 bridgehead atoms. The maximum atomic E-state index is 12.7. The van der Waals surface area contributed by atoms with Crippen molar-refractivity contribution in [2.24, 2.45) is 0 Å². The average Bonchev–Trinajstić information content (AvgIpc) is 2.94. The van der Waals surface area contributed by atoms with Crippen LogP contribution in [-0.2, 0) is 28.4 Å². The Morgan fingerprint density at radius 1 is 1.09 bits per heavy atom. The average molecular weight is 316 g/mol. The van der Waals surface area contributed by atoms with Crippen molar-refractivity contribution in [3.63, 3.8) is 0 Å². The second-order valence-corrected chi connectivity index (χ2v) is 7.91. The second kappa shape index (κ2) is 5.48. The third-order valence-corrected chi connectivity index (χ3v) is 5.73. The quantitative estimate of drug-likeness (QED) is 0.943. The summed E-state index contributed by atoms with van der Waals surface area (Å²) in [5, 5.41) is 0. The van der Waals surface area contributed by atoms with Crippen LogP contribution in [0.15, 0.2) is 47.5 Å². The van der Waals surface area contributed by atoms with Crippen molar-refractivity contribution in [2.75, 3.05) is 0 Å². The van der Waals surface area contributed by atoms with E-state index in [9.17, 15) is 8.42 Å². The number of benzene rings is 1. The summed E-state index contributed by atoms with van der Waals surface area (Å²) in [5.41, 5.74) is 2.35. The molecular weight excluding hydrogens is 296 g/mol. The topological polar surface area (TPSA) is 59.1 Å². The van der Waals surface area contributed by atoms with Crippen LogP contribution in [0.1, 0.15) is 37.1 Å². The molecule has 0 fully saturated rings. The number of aryl methyl sites for hydroxylation is 2.